The van der Waals surface area contributed by atoms with Gasteiger partial charge in [-0.1, -0.05) is 19.0 Å². The van der Waals surface area contributed by atoms with Gasteiger partial charge in [-0.3, -0.25) is 0 Å². The van der Waals surface area contributed by atoms with Crippen LogP contribution in [0.5, 0.6) is 0 Å². The number of aromatic nitrogens is 2. The molecule has 0 aliphatic rings. The smallest absolute Gasteiger partial charge is 0.227 e. The van der Waals surface area contributed by atoms with E-state index in [1.54, 1.807) is 0 Å². The number of hydrogen-bond donors (Lipinski definition) is 1. The first-order valence-corrected chi connectivity index (χ1v) is 6.97. The number of nitrogens with two attached hydrogens (primary N) is 1. The van der Waals surface area contributed by atoms with Crippen LogP contribution in [-0.2, 0) is 6.42 Å². The van der Waals surface area contributed by atoms with Gasteiger partial charge in [0.05, 0.1) is 0 Å². The lowest BCUT2D eigenvalue weighted by Gasteiger charge is -2.14. The monoisotopic (exact) mass is 295 g/mol. The first-order valence-electron chi connectivity index (χ1n) is 6.97. The van der Waals surface area contributed by atoms with Gasteiger partial charge in [0.1, 0.15) is 0 Å². The van der Waals surface area contributed by atoms with Crippen molar-refractivity contribution in [2.75, 3.05) is 6.54 Å². The van der Waals surface area contributed by atoms with Crippen molar-refractivity contribution in [3.63, 3.8) is 0 Å². The average Bonchev–Trinajstić information content (AvgIpc) is 2.89. The Morgan fingerprint density at radius 1 is 1.24 bits per heavy atom. The fourth-order valence-corrected chi connectivity index (χ4v) is 2.27. The third-order valence-electron chi connectivity index (χ3n) is 3.25. The molecule has 0 amide bonds. The van der Waals surface area contributed by atoms with Crippen LogP contribution < -0.4 is 5.73 Å². The summed E-state index contributed by atoms with van der Waals surface area (Å²) in [4.78, 5) is 4.22. The van der Waals surface area contributed by atoms with E-state index in [4.69, 9.17) is 10.3 Å². The zero-order valence-electron chi connectivity index (χ0n) is 12.1. The highest BCUT2D eigenvalue weighted by Gasteiger charge is 2.16. The third kappa shape index (κ3) is 4.07. The van der Waals surface area contributed by atoms with Crippen LogP contribution >= 0.6 is 0 Å². The summed E-state index contributed by atoms with van der Waals surface area (Å²) >= 11 is 0. The minimum absolute atomic E-state index is 0.254. The molecule has 1 atom stereocenters. The summed E-state index contributed by atoms with van der Waals surface area (Å²) in [5.41, 5.74) is 6.13. The lowest BCUT2D eigenvalue weighted by atomic mass is 9.94. The molecule has 0 saturated heterocycles. The summed E-state index contributed by atoms with van der Waals surface area (Å²) in [6.07, 6.45) is 1.56. The molecule has 0 bridgehead atoms. The Morgan fingerprint density at radius 2 is 2.00 bits per heavy atom. The Bertz CT molecular complexity index is 598. The zero-order chi connectivity index (χ0) is 15.4. The van der Waals surface area contributed by atoms with E-state index in [2.05, 4.69) is 24.0 Å². The van der Waals surface area contributed by atoms with Gasteiger partial charge >= 0.3 is 0 Å². The number of benzene rings is 1. The maximum atomic E-state index is 13.2. The summed E-state index contributed by atoms with van der Waals surface area (Å²) in [5.74, 6) is -0.313. The Kier molecular flexibility index (Phi) is 5.01. The van der Waals surface area contributed by atoms with Crippen molar-refractivity contribution in [2.45, 2.75) is 26.7 Å². The molecule has 1 heterocycles. The van der Waals surface area contributed by atoms with E-state index in [9.17, 15) is 8.78 Å². The number of nitrogens with zero attached hydrogens (tertiary/aromatic N) is 2. The van der Waals surface area contributed by atoms with Gasteiger partial charge in [0, 0.05) is 12.0 Å². The van der Waals surface area contributed by atoms with E-state index in [1.165, 1.54) is 6.07 Å². The van der Waals surface area contributed by atoms with E-state index in [0.717, 1.165) is 18.6 Å². The van der Waals surface area contributed by atoms with Gasteiger partial charge in [0.25, 0.3) is 0 Å². The first-order chi connectivity index (χ1) is 9.99. The molecule has 114 valence electrons. The minimum Gasteiger partial charge on any atom is -0.339 e. The Balaban J connectivity index is 2.11. The van der Waals surface area contributed by atoms with Crippen LogP contribution in [0.25, 0.3) is 11.4 Å². The maximum absolute atomic E-state index is 13.2. The third-order valence-corrected chi connectivity index (χ3v) is 3.25. The van der Waals surface area contributed by atoms with E-state index in [-0.39, 0.29) is 11.7 Å². The molecule has 2 rings (SSSR count). The lowest BCUT2D eigenvalue weighted by Crippen LogP contribution is -2.19. The highest BCUT2D eigenvalue weighted by Crippen LogP contribution is 2.21. The Labute approximate surface area is 122 Å². The molecule has 2 aromatic rings. The van der Waals surface area contributed by atoms with Crippen LogP contribution in [0.4, 0.5) is 8.78 Å². The quantitative estimate of drug-likeness (QED) is 0.889. The van der Waals surface area contributed by atoms with Gasteiger partial charge < -0.3 is 10.3 Å². The molecule has 0 spiro atoms. The van der Waals surface area contributed by atoms with Crippen LogP contribution in [0.1, 0.15) is 26.2 Å². The van der Waals surface area contributed by atoms with Gasteiger partial charge in [-0.15, -0.1) is 0 Å². The molecule has 6 heteroatoms. The lowest BCUT2D eigenvalue weighted by molar-refractivity contribution is 0.332. The standard InChI is InChI=1S/C15H19F2N3O/c1-9(2)5-10(8-18)6-14-19-15(20-21-14)11-3-4-12(16)13(17)7-11/h3-4,7,9-10H,5-6,8,18H2,1-2H3. The van der Waals surface area contributed by atoms with E-state index >= 15 is 0 Å². The average molecular weight is 295 g/mol. The molecule has 0 fully saturated rings. The highest BCUT2D eigenvalue weighted by molar-refractivity contribution is 5.54. The molecule has 0 radical (unpaired) electrons. The summed E-state index contributed by atoms with van der Waals surface area (Å²) in [6, 6.07) is 3.52. The van der Waals surface area contributed by atoms with Gasteiger partial charge in [-0.25, -0.2) is 8.78 Å². The van der Waals surface area contributed by atoms with Crippen molar-refractivity contribution < 1.29 is 13.3 Å². The van der Waals surface area contributed by atoms with Crippen LogP contribution in [0.2, 0.25) is 0 Å². The van der Waals surface area contributed by atoms with Gasteiger partial charge in [0.15, 0.2) is 11.6 Å². The molecule has 0 saturated carbocycles. The second-order valence-corrected chi connectivity index (χ2v) is 5.58. The topological polar surface area (TPSA) is 64.9 Å². The Morgan fingerprint density at radius 3 is 2.62 bits per heavy atom. The van der Waals surface area contributed by atoms with Crippen LogP contribution in [0.15, 0.2) is 22.7 Å². The fourth-order valence-electron chi connectivity index (χ4n) is 2.27. The summed E-state index contributed by atoms with van der Waals surface area (Å²) in [7, 11) is 0. The molecule has 0 aliphatic carbocycles. The second kappa shape index (κ2) is 6.76. The number of rotatable bonds is 6. The molecule has 2 N–H and O–H groups in total. The van der Waals surface area contributed by atoms with E-state index in [1.807, 2.05) is 0 Å². The summed E-state index contributed by atoms with van der Waals surface area (Å²) < 4.78 is 31.3. The van der Waals surface area contributed by atoms with Gasteiger partial charge in [-0.2, -0.15) is 4.98 Å². The SMILES string of the molecule is CC(C)CC(CN)Cc1nc(-c2ccc(F)c(F)c2)no1. The molecule has 1 aromatic carbocycles. The normalized spacial score (nSPS) is 12.9. The van der Waals surface area contributed by atoms with Crippen molar-refractivity contribution in [1.82, 2.24) is 10.1 Å². The molecule has 4 nitrogen and oxygen atoms in total. The van der Waals surface area contributed by atoms with Crippen molar-refractivity contribution in [2.24, 2.45) is 17.6 Å². The largest absolute Gasteiger partial charge is 0.339 e. The number of hydrogen-bond acceptors (Lipinski definition) is 4. The van der Waals surface area contributed by atoms with Crippen molar-refractivity contribution in [1.29, 1.82) is 0 Å². The first kappa shape index (κ1) is 15.6. The van der Waals surface area contributed by atoms with E-state index < -0.39 is 11.6 Å². The zero-order valence-corrected chi connectivity index (χ0v) is 12.1. The minimum atomic E-state index is -0.932. The van der Waals surface area contributed by atoms with Gasteiger partial charge in [-0.05, 0) is 43.0 Å². The predicted molar refractivity (Wildman–Crippen MR) is 75.4 cm³/mol. The van der Waals surface area contributed by atoms with E-state index in [0.29, 0.717) is 30.3 Å². The van der Waals surface area contributed by atoms with Crippen molar-refractivity contribution in [3.05, 3.63) is 35.7 Å². The Hall–Kier alpha value is -1.82. The second-order valence-electron chi connectivity index (χ2n) is 5.58. The molecular formula is C15H19F2N3O. The van der Waals surface area contributed by atoms with Gasteiger partial charge in [0.2, 0.25) is 11.7 Å². The van der Waals surface area contributed by atoms with Crippen molar-refractivity contribution >= 4 is 0 Å². The summed E-state index contributed by atoms with van der Waals surface area (Å²) in [6.45, 7) is 4.80. The molecular weight excluding hydrogens is 276 g/mol. The predicted octanol–water partition coefficient (Wildman–Crippen LogP) is 3.18. The molecule has 21 heavy (non-hydrogen) atoms. The van der Waals surface area contributed by atoms with Crippen LogP contribution in [0.3, 0.4) is 0 Å². The van der Waals surface area contributed by atoms with Crippen LogP contribution in [0, 0.1) is 23.5 Å². The van der Waals surface area contributed by atoms with Crippen molar-refractivity contribution in [3.8, 4) is 11.4 Å². The highest BCUT2D eigenvalue weighted by atomic mass is 19.2. The number of halogens is 2. The van der Waals surface area contributed by atoms with Crippen LogP contribution in [-0.4, -0.2) is 16.7 Å². The molecule has 1 unspecified atom stereocenters. The fraction of sp³-hybridized carbons (Fsp3) is 0.467. The maximum Gasteiger partial charge on any atom is 0.227 e. The summed E-state index contributed by atoms with van der Waals surface area (Å²) in [5, 5.41) is 3.81. The molecule has 0 aliphatic heterocycles. The molecule has 1 aromatic heterocycles.